The summed E-state index contributed by atoms with van der Waals surface area (Å²) in [6.45, 7) is 1.74. The molecule has 0 atom stereocenters. The van der Waals surface area contributed by atoms with E-state index in [0.717, 1.165) is 27.4 Å². The first-order valence-electron chi connectivity index (χ1n) is 15.8. The molecule has 55 heavy (non-hydrogen) atoms. The molecule has 2 aromatic heterocycles. The standard InChI is InChI=1S/C23H13Cl3FNO2S.C17H10BrCl2NO2S/c1-11-2-7-18(27)20(21(11)26)14-5-3-13(8-15(14)23(29)30)22-28-19(10-31-22)12-4-6-16(24)17(25)9-12;1-23-17(22)11-6-10(2-4-12(11)18)16-21-15(8-24-16)9-3-5-13(19)14(20)7-9/h2-10H,1H3,(H,29,30);2-8H,1H3. The molecule has 0 spiro atoms. The lowest BCUT2D eigenvalue weighted by atomic mass is 9.96. The molecule has 0 radical (unpaired) electrons. The van der Waals surface area contributed by atoms with Crippen molar-refractivity contribution in [2.24, 2.45) is 0 Å². The predicted octanol–water partition coefficient (Wildman–Crippen LogP) is 14.6. The maximum atomic E-state index is 14.5. The average molecular weight is 936 g/mol. The number of esters is 1. The van der Waals surface area contributed by atoms with E-state index in [1.165, 1.54) is 41.9 Å². The van der Waals surface area contributed by atoms with Gasteiger partial charge in [-0.1, -0.05) is 94.4 Å². The fourth-order valence-electron chi connectivity index (χ4n) is 5.29. The van der Waals surface area contributed by atoms with Crippen molar-refractivity contribution in [1.82, 2.24) is 9.97 Å². The zero-order valence-electron chi connectivity index (χ0n) is 28.3. The molecule has 5 aromatic carbocycles. The Morgan fingerprint density at radius 1 is 0.691 bits per heavy atom. The van der Waals surface area contributed by atoms with E-state index >= 15 is 0 Å². The monoisotopic (exact) mass is 932 g/mol. The minimum Gasteiger partial charge on any atom is -0.478 e. The van der Waals surface area contributed by atoms with E-state index in [4.69, 9.17) is 62.7 Å². The number of aromatic nitrogens is 2. The Balaban J connectivity index is 0.000000193. The summed E-state index contributed by atoms with van der Waals surface area (Å²) in [7, 11) is 1.35. The second kappa shape index (κ2) is 17.5. The van der Waals surface area contributed by atoms with Crippen molar-refractivity contribution in [3.63, 3.8) is 0 Å². The highest BCUT2D eigenvalue weighted by Crippen LogP contribution is 2.39. The summed E-state index contributed by atoms with van der Waals surface area (Å²) in [5.41, 5.74) is 5.95. The van der Waals surface area contributed by atoms with Crippen LogP contribution in [0.2, 0.25) is 25.1 Å². The number of nitrogens with zero attached hydrogens (tertiary/aromatic N) is 2. The number of rotatable bonds is 7. The number of thiazole rings is 2. The third-order valence-electron chi connectivity index (χ3n) is 8.11. The number of methoxy groups -OCH3 is 1. The van der Waals surface area contributed by atoms with Gasteiger partial charge < -0.3 is 9.84 Å². The Labute approximate surface area is 356 Å². The molecule has 0 bridgehead atoms. The van der Waals surface area contributed by atoms with E-state index < -0.39 is 17.8 Å². The zero-order valence-corrected chi connectivity index (χ0v) is 35.3. The largest absolute Gasteiger partial charge is 0.478 e. The molecule has 6 nitrogen and oxygen atoms in total. The number of carbonyl (C=O) groups excluding carboxylic acids is 1. The van der Waals surface area contributed by atoms with Crippen LogP contribution < -0.4 is 0 Å². The highest BCUT2D eigenvalue weighted by molar-refractivity contribution is 9.10. The summed E-state index contributed by atoms with van der Waals surface area (Å²) in [6.07, 6.45) is 0. The van der Waals surface area contributed by atoms with Crippen LogP contribution in [0, 0.1) is 12.7 Å². The molecule has 7 aromatic rings. The summed E-state index contributed by atoms with van der Waals surface area (Å²) >= 11 is 36.6. The second-order valence-electron chi connectivity index (χ2n) is 11.6. The van der Waals surface area contributed by atoms with Gasteiger partial charge in [0.2, 0.25) is 0 Å². The maximum Gasteiger partial charge on any atom is 0.339 e. The average Bonchev–Trinajstić information content (AvgIpc) is 3.87. The summed E-state index contributed by atoms with van der Waals surface area (Å²) in [5, 5.41) is 17.0. The van der Waals surface area contributed by atoms with Crippen molar-refractivity contribution in [2.45, 2.75) is 6.92 Å². The van der Waals surface area contributed by atoms with Crippen LogP contribution in [0.3, 0.4) is 0 Å². The number of ether oxygens (including phenoxy) is 1. The van der Waals surface area contributed by atoms with Crippen molar-refractivity contribution in [1.29, 1.82) is 0 Å². The Hall–Kier alpha value is -3.84. The minimum atomic E-state index is -1.19. The third kappa shape index (κ3) is 9.09. The summed E-state index contributed by atoms with van der Waals surface area (Å²) in [6, 6.07) is 23.6. The first kappa shape index (κ1) is 40.8. The van der Waals surface area contributed by atoms with E-state index in [1.54, 1.807) is 61.5 Å². The summed E-state index contributed by atoms with van der Waals surface area (Å²) in [5.74, 6) is -2.16. The molecule has 0 aliphatic heterocycles. The molecule has 0 aliphatic rings. The molecule has 0 saturated heterocycles. The van der Waals surface area contributed by atoms with Crippen LogP contribution in [0.1, 0.15) is 26.3 Å². The lowest BCUT2D eigenvalue weighted by Crippen LogP contribution is -2.02. The lowest BCUT2D eigenvalue weighted by molar-refractivity contribution is 0.0598. The van der Waals surface area contributed by atoms with Crippen LogP contribution >= 0.6 is 96.6 Å². The smallest absolute Gasteiger partial charge is 0.339 e. The van der Waals surface area contributed by atoms with Gasteiger partial charge in [0.15, 0.2) is 0 Å². The first-order valence-corrected chi connectivity index (χ1v) is 20.2. The number of carboxylic acids is 1. The van der Waals surface area contributed by atoms with Crippen molar-refractivity contribution in [2.75, 3.05) is 7.11 Å². The van der Waals surface area contributed by atoms with Crippen LogP contribution in [-0.4, -0.2) is 34.1 Å². The third-order valence-corrected chi connectivity index (χ3v) is 12.5. The van der Waals surface area contributed by atoms with Crippen molar-refractivity contribution in [3.8, 4) is 54.8 Å². The van der Waals surface area contributed by atoms with E-state index in [-0.39, 0.29) is 21.7 Å². The number of aromatic carboxylic acids is 1. The summed E-state index contributed by atoms with van der Waals surface area (Å²) in [4.78, 5) is 33.0. The molecule has 0 amide bonds. The molecular weight excluding hydrogens is 913 g/mol. The van der Waals surface area contributed by atoms with Gasteiger partial charge in [0, 0.05) is 48.6 Å². The van der Waals surface area contributed by atoms with Crippen LogP contribution in [-0.2, 0) is 4.74 Å². The molecule has 0 fully saturated rings. The van der Waals surface area contributed by atoms with Crippen LogP contribution in [0.4, 0.5) is 4.39 Å². The van der Waals surface area contributed by atoms with Crippen molar-refractivity contribution in [3.05, 3.63) is 148 Å². The molecule has 7 rings (SSSR count). The highest BCUT2D eigenvalue weighted by Gasteiger charge is 2.21. The Morgan fingerprint density at radius 2 is 1.20 bits per heavy atom. The minimum absolute atomic E-state index is 0.0600. The topological polar surface area (TPSA) is 89.4 Å². The number of carbonyl (C=O) groups is 2. The quantitative estimate of drug-likeness (QED) is 0.160. The van der Waals surface area contributed by atoms with Crippen LogP contribution in [0.25, 0.3) is 54.8 Å². The van der Waals surface area contributed by atoms with E-state index in [9.17, 15) is 19.1 Å². The van der Waals surface area contributed by atoms with Gasteiger partial charge in [-0.15, -0.1) is 22.7 Å². The normalized spacial score (nSPS) is 10.9. The highest BCUT2D eigenvalue weighted by atomic mass is 79.9. The van der Waals surface area contributed by atoms with Gasteiger partial charge in [-0.25, -0.2) is 23.9 Å². The fourth-order valence-corrected chi connectivity index (χ4v) is 8.20. The Kier molecular flexibility index (Phi) is 13.0. The first-order chi connectivity index (χ1) is 26.2. The van der Waals surface area contributed by atoms with Gasteiger partial charge in [0.25, 0.3) is 0 Å². The fraction of sp³-hybridized carbons (Fsp3) is 0.0500. The number of halogens is 7. The maximum absolute atomic E-state index is 14.5. The molecule has 0 unspecified atom stereocenters. The molecule has 0 aliphatic carbocycles. The SMILES string of the molecule is COC(=O)c1cc(-c2nc(-c3ccc(Cl)c(Cl)c3)cs2)ccc1Br.Cc1ccc(F)c(-c2ccc(-c3nc(-c4ccc(Cl)c(Cl)c4)cs3)cc2C(=O)O)c1Cl. The van der Waals surface area contributed by atoms with Gasteiger partial charge in [0.05, 0.1) is 54.7 Å². The number of carboxylic acid groups (broad SMARTS) is 1. The molecule has 1 N–H and O–H groups in total. The van der Waals surface area contributed by atoms with Gasteiger partial charge in [0.1, 0.15) is 15.8 Å². The molecular formula is C40H23BrCl5FN2O4S2. The number of hydrogen-bond acceptors (Lipinski definition) is 7. The lowest BCUT2D eigenvalue weighted by Gasteiger charge is -2.12. The molecule has 15 heteroatoms. The van der Waals surface area contributed by atoms with Gasteiger partial charge in [-0.3, -0.25) is 0 Å². The predicted molar refractivity (Wildman–Crippen MR) is 227 cm³/mol. The summed E-state index contributed by atoms with van der Waals surface area (Å²) < 4.78 is 20.0. The van der Waals surface area contributed by atoms with Crippen LogP contribution in [0.15, 0.2) is 100 Å². The molecule has 278 valence electrons. The van der Waals surface area contributed by atoms with Gasteiger partial charge >= 0.3 is 11.9 Å². The Morgan fingerprint density at radius 3 is 1.71 bits per heavy atom. The zero-order chi connectivity index (χ0) is 39.6. The second-order valence-corrected chi connectivity index (χ2v) is 16.2. The van der Waals surface area contributed by atoms with E-state index in [0.29, 0.717) is 52.0 Å². The number of hydrogen-bond donors (Lipinski definition) is 1. The van der Waals surface area contributed by atoms with Crippen LogP contribution in [0.5, 0.6) is 0 Å². The van der Waals surface area contributed by atoms with Crippen molar-refractivity contribution >= 4 is 109 Å². The van der Waals surface area contributed by atoms with Gasteiger partial charge in [-0.2, -0.15) is 0 Å². The Bertz CT molecular complexity index is 2620. The molecule has 0 saturated carbocycles. The number of benzene rings is 5. The number of aryl methyl sites for hydroxylation is 1. The van der Waals surface area contributed by atoms with Gasteiger partial charge in [-0.05, 0) is 76.9 Å². The molecule has 2 heterocycles. The van der Waals surface area contributed by atoms with Crippen molar-refractivity contribution < 1.29 is 23.8 Å². The van der Waals surface area contributed by atoms with E-state index in [2.05, 4.69) is 25.9 Å². The van der Waals surface area contributed by atoms with E-state index in [1.807, 2.05) is 29.0 Å².